The third-order valence-corrected chi connectivity index (χ3v) is 7.45. The van der Waals surface area contributed by atoms with Crippen LogP contribution in [0.25, 0.3) is 10.9 Å². The Balaban J connectivity index is 1.57. The Morgan fingerprint density at radius 3 is 2.42 bits per heavy atom. The Kier molecular flexibility index (Phi) is 7.40. The van der Waals surface area contributed by atoms with Gasteiger partial charge in [0.2, 0.25) is 0 Å². The molecule has 0 aliphatic heterocycles. The third-order valence-electron chi connectivity index (χ3n) is 5.66. The largest absolute Gasteiger partial charge is 0.494 e. The number of carbonyl (C=O) groups excluding carboxylic acids is 1. The summed E-state index contributed by atoms with van der Waals surface area (Å²) in [5.74, 6) is -0.00294. The van der Waals surface area contributed by atoms with Crippen molar-refractivity contribution < 1.29 is 17.9 Å². The van der Waals surface area contributed by atoms with Gasteiger partial charge in [-0.25, -0.2) is 13.8 Å². The Morgan fingerprint density at radius 1 is 1.03 bits per heavy atom. The van der Waals surface area contributed by atoms with E-state index in [9.17, 15) is 13.2 Å². The van der Waals surface area contributed by atoms with Crippen molar-refractivity contribution in [2.24, 2.45) is 5.10 Å². The summed E-state index contributed by atoms with van der Waals surface area (Å²) in [6, 6.07) is 20.9. The lowest BCUT2D eigenvalue weighted by Crippen LogP contribution is -2.39. The zero-order valence-corrected chi connectivity index (χ0v) is 21.2. The van der Waals surface area contributed by atoms with E-state index in [1.54, 1.807) is 42.6 Å². The number of hydrogen-bond acceptors (Lipinski definition) is 5. The second-order valence-electron chi connectivity index (χ2n) is 8.25. The van der Waals surface area contributed by atoms with Gasteiger partial charge < -0.3 is 9.72 Å². The molecule has 0 fully saturated rings. The number of aryl methyl sites for hydroxylation is 2. The first-order chi connectivity index (χ1) is 17.3. The summed E-state index contributed by atoms with van der Waals surface area (Å²) in [5, 5.41) is 5.07. The topological polar surface area (TPSA) is 104 Å². The maximum absolute atomic E-state index is 13.5. The van der Waals surface area contributed by atoms with Crippen molar-refractivity contribution in [2.45, 2.75) is 25.7 Å². The molecule has 36 heavy (non-hydrogen) atoms. The molecule has 3 aromatic carbocycles. The maximum atomic E-state index is 13.5. The molecule has 0 saturated heterocycles. The van der Waals surface area contributed by atoms with Gasteiger partial charge in [0, 0.05) is 22.2 Å². The van der Waals surface area contributed by atoms with E-state index in [4.69, 9.17) is 4.74 Å². The summed E-state index contributed by atoms with van der Waals surface area (Å²) in [6.07, 6.45) is 1.56. The predicted octanol–water partition coefficient (Wildman–Crippen LogP) is 4.53. The van der Waals surface area contributed by atoms with Crippen LogP contribution < -0.4 is 14.5 Å². The monoisotopic (exact) mass is 504 g/mol. The molecule has 0 saturated carbocycles. The first-order valence-corrected chi connectivity index (χ1v) is 12.9. The molecular weight excluding hydrogens is 476 g/mol. The zero-order valence-electron chi connectivity index (χ0n) is 20.4. The first kappa shape index (κ1) is 25.0. The van der Waals surface area contributed by atoms with Crippen LogP contribution in [0.3, 0.4) is 0 Å². The van der Waals surface area contributed by atoms with E-state index in [2.05, 4.69) is 15.5 Å². The van der Waals surface area contributed by atoms with Crippen LogP contribution in [0, 0.1) is 13.8 Å². The Bertz CT molecular complexity index is 1490. The fraction of sp³-hybridized carbons (Fsp3) is 0.185. The number of fused-ring (bicyclic) bond motifs is 1. The number of H-pyrrole nitrogens is 1. The SMILES string of the molecule is CCOc1ccc(S(=O)(=O)N(CC(=O)NN=Cc2c(C)[nH]c3ccccc23)c2ccc(C)cc2)cc1. The zero-order chi connectivity index (χ0) is 25.7. The van der Waals surface area contributed by atoms with Crippen LogP contribution in [0.5, 0.6) is 5.75 Å². The summed E-state index contributed by atoms with van der Waals surface area (Å²) in [5.41, 5.74) is 6.54. The van der Waals surface area contributed by atoms with Crippen LogP contribution in [0.15, 0.2) is 82.8 Å². The summed E-state index contributed by atoms with van der Waals surface area (Å²) in [6.45, 7) is 5.71. The van der Waals surface area contributed by atoms with Gasteiger partial charge in [-0.3, -0.25) is 9.10 Å². The molecule has 9 heteroatoms. The lowest BCUT2D eigenvalue weighted by Gasteiger charge is -2.24. The molecule has 0 aliphatic rings. The Hall–Kier alpha value is -4.11. The number of carbonyl (C=O) groups is 1. The number of ether oxygens (including phenoxy) is 1. The molecular formula is C27H28N4O4S. The molecule has 0 atom stereocenters. The number of hydrogen-bond donors (Lipinski definition) is 2. The van der Waals surface area contributed by atoms with Crippen molar-refractivity contribution in [1.29, 1.82) is 0 Å². The second kappa shape index (κ2) is 10.7. The lowest BCUT2D eigenvalue weighted by atomic mass is 10.1. The molecule has 2 N–H and O–H groups in total. The van der Waals surface area contributed by atoms with Gasteiger partial charge in [-0.05, 0) is 63.2 Å². The van der Waals surface area contributed by atoms with Crippen LogP contribution in [-0.2, 0) is 14.8 Å². The highest BCUT2D eigenvalue weighted by Gasteiger charge is 2.27. The number of aromatic nitrogens is 1. The van der Waals surface area contributed by atoms with E-state index >= 15 is 0 Å². The van der Waals surface area contributed by atoms with Gasteiger partial charge in [0.15, 0.2) is 0 Å². The molecule has 4 aromatic rings. The van der Waals surface area contributed by atoms with E-state index in [0.29, 0.717) is 18.0 Å². The van der Waals surface area contributed by atoms with Crippen molar-refractivity contribution >= 4 is 38.7 Å². The minimum absolute atomic E-state index is 0.0530. The number of sulfonamides is 1. The molecule has 0 unspecified atom stereocenters. The summed E-state index contributed by atoms with van der Waals surface area (Å²) in [7, 11) is -4.04. The van der Waals surface area contributed by atoms with Gasteiger partial charge in [0.25, 0.3) is 15.9 Å². The number of para-hydroxylation sites is 1. The smallest absolute Gasteiger partial charge is 0.264 e. The average molecular weight is 505 g/mol. The molecule has 186 valence electrons. The molecule has 1 heterocycles. The number of hydrazone groups is 1. The fourth-order valence-corrected chi connectivity index (χ4v) is 5.25. The van der Waals surface area contributed by atoms with E-state index in [0.717, 1.165) is 32.0 Å². The minimum Gasteiger partial charge on any atom is -0.494 e. The average Bonchev–Trinajstić information content (AvgIpc) is 3.19. The van der Waals surface area contributed by atoms with Crippen molar-refractivity contribution in [3.05, 3.63) is 89.6 Å². The third kappa shape index (κ3) is 5.41. The number of amides is 1. The van der Waals surface area contributed by atoms with Gasteiger partial charge in [-0.15, -0.1) is 0 Å². The molecule has 0 aliphatic carbocycles. The van der Waals surface area contributed by atoms with Crippen LogP contribution in [0.1, 0.15) is 23.7 Å². The normalized spacial score (nSPS) is 11.6. The number of anilines is 1. The predicted molar refractivity (Wildman–Crippen MR) is 142 cm³/mol. The standard InChI is InChI=1S/C27H28N4O4S/c1-4-35-22-13-15-23(16-14-22)36(33,34)31(21-11-9-19(2)10-12-21)18-27(32)30-28-17-25-20(3)29-26-8-6-5-7-24(25)26/h5-17,29H,4,18H2,1-3H3,(H,30,32). The lowest BCUT2D eigenvalue weighted by molar-refractivity contribution is -0.119. The van der Waals surface area contributed by atoms with Gasteiger partial charge in [-0.1, -0.05) is 35.9 Å². The van der Waals surface area contributed by atoms with Crippen molar-refractivity contribution in [3.8, 4) is 5.75 Å². The summed E-state index contributed by atoms with van der Waals surface area (Å²) >= 11 is 0. The second-order valence-corrected chi connectivity index (χ2v) is 10.1. The van der Waals surface area contributed by atoms with Crippen molar-refractivity contribution in [1.82, 2.24) is 10.4 Å². The van der Waals surface area contributed by atoms with Crippen LogP contribution >= 0.6 is 0 Å². The number of aromatic amines is 1. The van der Waals surface area contributed by atoms with E-state index < -0.39 is 22.5 Å². The van der Waals surface area contributed by atoms with E-state index in [-0.39, 0.29) is 4.90 Å². The molecule has 1 amide bonds. The van der Waals surface area contributed by atoms with Crippen molar-refractivity contribution in [2.75, 3.05) is 17.5 Å². The van der Waals surface area contributed by atoms with Crippen LogP contribution in [0.4, 0.5) is 5.69 Å². The molecule has 8 nitrogen and oxygen atoms in total. The first-order valence-electron chi connectivity index (χ1n) is 11.5. The van der Waals surface area contributed by atoms with Gasteiger partial charge in [0.05, 0.1) is 23.4 Å². The Labute approximate surface area is 210 Å². The number of rotatable bonds is 9. The highest BCUT2D eigenvalue weighted by atomic mass is 32.2. The van der Waals surface area contributed by atoms with E-state index in [1.807, 2.05) is 45.0 Å². The molecule has 0 spiro atoms. The van der Waals surface area contributed by atoms with E-state index in [1.165, 1.54) is 12.1 Å². The fourth-order valence-electron chi connectivity index (χ4n) is 3.83. The maximum Gasteiger partial charge on any atom is 0.264 e. The van der Waals surface area contributed by atoms with Crippen LogP contribution in [0.2, 0.25) is 0 Å². The number of nitrogens with one attached hydrogen (secondary N) is 2. The summed E-state index contributed by atoms with van der Waals surface area (Å²) < 4.78 is 33.6. The number of benzene rings is 3. The molecule has 4 rings (SSSR count). The highest BCUT2D eigenvalue weighted by molar-refractivity contribution is 7.92. The van der Waals surface area contributed by atoms with Gasteiger partial charge in [-0.2, -0.15) is 5.10 Å². The Morgan fingerprint density at radius 2 is 1.72 bits per heavy atom. The quantitative estimate of drug-likeness (QED) is 0.258. The van der Waals surface area contributed by atoms with Crippen LogP contribution in [-0.4, -0.2) is 38.7 Å². The van der Waals surface area contributed by atoms with Gasteiger partial charge in [0.1, 0.15) is 12.3 Å². The van der Waals surface area contributed by atoms with Crippen molar-refractivity contribution in [3.63, 3.8) is 0 Å². The molecule has 1 aromatic heterocycles. The van der Waals surface area contributed by atoms with Gasteiger partial charge >= 0.3 is 0 Å². The summed E-state index contributed by atoms with van der Waals surface area (Å²) in [4.78, 5) is 16.2. The number of nitrogens with zero attached hydrogens (tertiary/aromatic N) is 2. The highest BCUT2D eigenvalue weighted by Crippen LogP contribution is 2.25. The minimum atomic E-state index is -4.04. The molecule has 0 bridgehead atoms. The molecule has 0 radical (unpaired) electrons.